The number of likely N-dealkylation sites (N-methyl/N-ethyl adjacent to an activating group) is 1. The number of nitrogens with one attached hydrogen (secondary N) is 1. The first-order chi connectivity index (χ1) is 12.4. The van der Waals surface area contributed by atoms with Gasteiger partial charge in [-0.15, -0.1) is 5.10 Å². The van der Waals surface area contributed by atoms with Crippen LogP contribution in [-0.2, 0) is 16.1 Å². The predicted molar refractivity (Wildman–Crippen MR) is 93.3 cm³/mol. The van der Waals surface area contributed by atoms with E-state index < -0.39 is 11.9 Å². The van der Waals surface area contributed by atoms with Gasteiger partial charge in [-0.2, -0.15) is 0 Å². The lowest BCUT2D eigenvalue weighted by Crippen LogP contribution is -2.32. The summed E-state index contributed by atoms with van der Waals surface area (Å²) < 4.78 is 12.4. The molecule has 9 heteroatoms. The lowest BCUT2D eigenvalue weighted by molar-refractivity contribution is -0.129. The van der Waals surface area contributed by atoms with Crippen molar-refractivity contribution in [3.05, 3.63) is 36.0 Å². The molecule has 0 spiro atoms. The van der Waals surface area contributed by atoms with E-state index in [0.29, 0.717) is 18.3 Å². The Morgan fingerprint density at radius 1 is 1.35 bits per heavy atom. The van der Waals surface area contributed by atoms with Crippen LogP contribution in [-0.4, -0.2) is 59.0 Å². The van der Waals surface area contributed by atoms with Crippen LogP contribution >= 0.6 is 0 Å². The summed E-state index contributed by atoms with van der Waals surface area (Å²) in [5.41, 5.74) is 0.122. The highest BCUT2D eigenvalue weighted by atomic mass is 16.5. The molecule has 0 saturated carbocycles. The van der Waals surface area contributed by atoms with Crippen molar-refractivity contribution in [2.75, 3.05) is 27.3 Å². The van der Waals surface area contributed by atoms with Crippen LogP contribution in [0.15, 0.2) is 29.0 Å². The molecule has 2 rings (SSSR count). The number of carbonyl (C=O) groups is 2. The first-order valence-electron chi connectivity index (χ1n) is 8.39. The highest BCUT2D eigenvalue weighted by Crippen LogP contribution is 2.15. The van der Waals surface area contributed by atoms with Gasteiger partial charge in [0.2, 0.25) is 5.91 Å². The normalized spacial score (nSPS) is 12.2. The molecular weight excluding hydrogens is 338 g/mol. The number of ether oxygens (including phenoxy) is 1. The summed E-state index contributed by atoms with van der Waals surface area (Å²) in [7, 11) is 3.30. The van der Waals surface area contributed by atoms with Gasteiger partial charge in [-0.1, -0.05) is 19.1 Å². The Kier molecular flexibility index (Phi) is 6.90. The van der Waals surface area contributed by atoms with E-state index in [1.54, 1.807) is 32.5 Å². The largest absolute Gasteiger partial charge is 0.467 e. The number of nitrogens with zero attached hydrogens (tertiary/aromatic N) is 4. The van der Waals surface area contributed by atoms with E-state index in [1.807, 2.05) is 13.8 Å². The fourth-order valence-corrected chi connectivity index (χ4v) is 2.10. The van der Waals surface area contributed by atoms with Gasteiger partial charge in [-0.3, -0.25) is 9.59 Å². The first kappa shape index (κ1) is 19.6. The Bertz CT molecular complexity index is 709. The molecule has 1 N–H and O–H groups in total. The molecule has 0 radical (unpaired) electrons. The lowest BCUT2D eigenvalue weighted by atomic mass is 10.2. The maximum Gasteiger partial charge on any atom is 0.274 e. The van der Waals surface area contributed by atoms with Crippen LogP contribution in [0.4, 0.5) is 0 Å². The number of amides is 2. The van der Waals surface area contributed by atoms with Gasteiger partial charge in [-0.25, -0.2) is 4.68 Å². The monoisotopic (exact) mass is 363 g/mol. The van der Waals surface area contributed by atoms with Crippen LogP contribution in [0.5, 0.6) is 0 Å². The quantitative estimate of drug-likeness (QED) is 0.716. The second-order valence-electron chi connectivity index (χ2n) is 6.56. The van der Waals surface area contributed by atoms with E-state index in [9.17, 15) is 9.59 Å². The average molecular weight is 363 g/mol. The fraction of sp³-hybridized carbons (Fsp3) is 0.529. The van der Waals surface area contributed by atoms with Crippen molar-refractivity contribution in [1.82, 2.24) is 25.2 Å². The second kappa shape index (κ2) is 9.14. The minimum Gasteiger partial charge on any atom is -0.467 e. The van der Waals surface area contributed by atoms with Crippen molar-refractivity contribution in [2.45, 2.75) is 26.4 Å². The summed E-state index contributed by atoms with van der Waals surface area (Å²) in [6.45, 7) is 4.98. The van der Waals surface area contributed by atoms with E-state index in [4.69, 9.17) is 9.15 Å². The van der Waals surface area contributed by atoms with Crippen molar-refractivity contribution >= 4 is 11.8 Å². The molecular formula is C17H25N5O4. The molecule has 142 valence electrons. The third kappa shape index (κ3) is 5.69. The van der Waals surface area contributed by atoms with Gasteiger partial charge in [0.15, 0.2) is 5.69 Å². The van der Waals surface area contributed by atoms with Crippen LogP contribution in [0.1, 0.15) is 36.1 Å². The fourth-order valence-electron chi connectivity index (χ4n) is 2.10. The zero-order valence-corrected chi connectivity index (χ0v) is 15.5. The molecule has 0 saturated heterocycles. The van der Waals surface area contributed by atoms with Gasteiger partial charge in [0.25, 0.3) is 5.91 Å². The Balaban J connectivity index is 2.00. The number of rotatable bonds is 9. The molecule has 0 aliphatic rings. The molecule has 0 fully saturated rings. The average Bonchev–Trinajstić information content (AvgIpc) is 3.25. The van der Waals surface area contributed by atoms with Crippen LogP contribution in [0.25, 0.3) is 0 Å². The molecule has 2 aromatic rings. The summed E-state index contributed by atoms with van der Waals surface area (Å²) >= 11 is 0. The molecule has 1 unspecified atom stereocenters. The van der Waals surface area contributed by atoms with Crippen LogP contribution in [0.2, 0.25) is 0 Å². The summed E-state index contributed by atoms with van der Waals surface area (Å²) in [5.74, 6) is 0.426. The highest BCUT2D eigenvalue weighted by molar-refractivity contribution is 5.92. The van der Waals surface area contributed by atoms with Crippen LogP contribution in [0, 0.1) is 5.92 Å². The second-order valence-corrected chi connectivity index (χ2v) is 6.56. The van der Waals surface area contributed by atoms with E-state index in [1.165, 1.54) is 15.8 Å². The Morgan fingerprint density at radius 3 is 2.73 bits per heavy atom. The molecule has 0 aliphatic heterocycles. The number of hydrogen-bond acceptors (Lipinski definition) is 6. The van der Waals surface area contributed by atoms with Gasteiger partial charge in [0.05, 0.1) is 19.1 Å². The minimum atomic E-state index is -0.440. The standard InChI is InChI=1S/C17H25N5O4/c1-12(2)10-25-11-14(15-6-5-7-26-15)18-17(24)13-8-22(20-19-13)9-16(23)21(3)4/h5-8,12,14H,9-11H2,1-4H3,(H,18,24). The van der Waals surface area contributed by atoms with Crippen LogP contribution < -0.4 is 5.32 Å². The van der Waals surface area contributed by atoms with Crippen molar-refractivity contribution in [2.24, 2.45) is 5.92 Å². The lowest BCUT2D eigenvalue weighted by Gasteiger charge is -2.17. The van der Waals surface area contributed by atoms with E-state index >= 15 is 0 Å². The van der Waals surface area contributed by atoms with Crippen LogP contribution in [0.3, 0.4) is 0 Å². The number of hydrogen-bond donors (Lipinski definition) is 1. The molecule has 2 aromatic heterocycles. The molecule has 2 amide bonds. The van der Waals surface area contributed by atoms with Crippen molar-refractivity contribution in [3.8, 4) is 0 Å². The highest BCUT2D eigenvalue weighted by Gasteiger charge is 2.21. The van der Waals surface area contributed by atoms with Crippen molar-refractivity contribution in [1.29, 1.82) is 0 Å². The number of aromatic nitrogens is 3. The Hall–Kier alpha value is -2.68. The summed E-state index contributed by atoms with van der Waals surface area (Å²) in [6, 6.07) is 3.08. The number of furan rings is 1. The third-order valence-corrected chi connectivity index (χ3v) is 3.50. The summed E-state index contributed by atoms with van der Waals surface area (Å²) in [6.07, 6.45) is 2.98. The van der Waals surface area contributed by atoms with Gasteiger partial charge in [0.1, 0.15) is 18.3 Å². The smallest absolute Gasteiger partial charge is 0.274 e. The van der Waals surface area contributed by atoms with Crippen molar-refractivity contribution in [3.63, 3.8) is 0 Å². The predicted octanol–water partition coefficient (Wildman–Crippen LogP) is 1.10. The van der Waals surface area contributed by atoms with E-state index in [2.05, 4.69) is 15.6 Å². The Morgan fingerprint density at radius 2 is 2.12 bits per heavy atom. The summed E-state index contributed by atoms with van der Waals surface area (Å²) in [4.78, 5) is 25.6. The molecule has 2 heterocycles. The Labute approximate surface area is 152 Å². The molecule has 0 bridgehead atoms. The molecule has 26 heavy (non-hydrogen) atoms. The van der Waals surface area contributed by atoms with Gasteiger partial charge >= 0.3 is 0 Å². The van der Waals surface area contributed by atoms with Crippen molar-refractivity contribution < 1.29 is 18.7 Å². The van der Waals surface area contributed by atoms with Gasteiger partial charge < -0.3 is 19.4 Å². The zero-order valence-electron chi connectivity index (χ0n) is 15.5. The minimum absolute atomic E-state index is 0.0202. The number of carbonyl (C=O) groups excluding carboxylic acids is 2. The van der Waals surface area contributed by atoms with E-state index in [0.717, 1.165) is 0 Å². The van der Waals surface area contributed by atoms with Gasteiger partial charge in [0, 0.05) is 20.7 Å². The molecule has 0 aromatic carbocycles. The SMILES string of the molecule is CC(C)COCC(NC(=O)c1cn(CC(=O)N(C)C)nn1)c1ccco1. The molecule has 9 nitrogen and oxygen atoms in total. The maximum atomic E-state index is 12.5. The first-order valence-corrected chi connectivity index (χ1v) is 8.39. The zero-order chi connectivity index (χ0) is 19.1. The summed E-state index contributed by atoms with van der Waals surface area (Å²) in [5, 5.41) is 10.5. The molecule has 1 atom stereocenters. The molecule has 0 aliphatic carbocycles. The third-order valence-electron chi connectivity index (χ3n) is 3.50. The maximum absolute atomic E-state index is 12.5. The van der Waals surface area contributed by atoms with E-state index in [-0.39, 0.29) is 24.8 Å². The van der Waals surface area contributed by atoms with Gasteiger partial charge in [-0.05, 0) is 18.1 Å². The topological polar surface area (TPSA) is 102 Å².